The smallest absolute Gasteiger partial charge is 0.265 e. The Balaban J connectivity index is 1.43. The summed E-state index contributed by atoms with van der Waals surface area (Å²) in [6, 6.07) is 17.7. The second-order valence-electron chi connectivity index (χ2n) is 6.97. The molecule has 1 aliphatic rings. The molecule has 0 saturated carbocycles. The molecule has 0 bridgehead atoms. The number of carbonyl (C=O) groups excluding carboxylic acids is 1. The summed E-state index contributed by atoms with van der Waals surface area (Å²) in [5.41, 5.74) is 1.86. The Hall–Kier alpha value is -2.39. The average Bonchev–Trinajstić information content (AvgIpc) is 2.90. The van der Waals surface area contributed by atoms with E-state index in [9.17, 15) is 4.79 Å². The van der Waals surface area contributed by atoms with Gasteiger partial charge in [-0.05, 0) is 30.2 Å². The topological polar surface area (TPSA) is 47.3 Å². The number of hydrogen-bond acceptors (Lipinski definition) is 4. The lowest BCUT2D eigenvalue weighted by molar-refractivity contribution is 0.0766. The lowest BCUT2D eigenvalue weighted by Crippen LogP contribution is -2.34. The van der Waals surface area contributed by atoms with Crippen LogP contribution in [0.15, 0.2) is 48.5 Å². The molecule has 0 atom stereocenters. The van der Waals surface area contributed by atoms with Gasteiger partial charge in [-0.3, -0.25) is 9.69 Å². The third-order valence-corrected chi connectivity index (χ3v) is 6.76. The molecule has 0 spiro atoms. The Morgan fingerprint density at radius 3 is 2.61 bits per heavy atom. The van der Waals surface area contributed by atoms with E-state index in [-0.39, 0.29) is 5.91 Å². The van der Waals surface area contributed by atoms with E-state index in [4.69, 9.17) is 16.9 Å². The number of rotatable bonds is 3. The number of nitriles is 1. The minimum Gasteiger partial charge on any atom is -0.337 e. The molecule has 0 N–H and O–H groups in total. The molecule has 3 aromatic rings. The van der Waals surface area contributed by atoms with Gasteiger partial charge < -0.3 is 4.90 Å². The Labute approximate surface area is 173 Å². The number of amides is 1. The van der Waals surface area contributed by atoms with Crippen LogP contribution >= 0.6 is 22.9 Å². The maximum absolute atomic E-state index is 13.1. The largest absolute Gasteiger partial charge is 0.337 e. The Morgan fingerprint density at radius 2 is 1.86 bits per heavy atom. The lowest BCUT2D eigenvalue weighted by atomic mass is 10.1. The standard InChI is InChI=1S/C22H20ClN3OS/c23-20-18-4-1-2-5-19(18)28-21(20)22(27)26-11-3-10-25(12-13-26)15-17-8-6-16(14-24)7-9-17/h1-2,4-9H,3,10-13,15H2. The van der Waals surface area contributed by atoms with Crippen LogP contribution in [0.25, 0.3) is 10.1 Å². The van der Waals surface area contributed by atoms with Crippen LogP contribution in [0.2, 0.25) is 5.02 Å². The minimum absolute atomic E-state index is 0.0337. The predicted octanol–water partition coefficient (Wildman–Crippen LogP) is 4.77. The van der Waals surface area contributed by atoms with Crippen molar-refractivity contribution in [2.24, 2.45) is 0 Å². The van der Waals surface area contributed by atoms with Crippen molar-refractivity contribution in [2.45, 2.75) is 13.0 Å². The van der Waals surface area contributed by atoms with Crippen molar-refractivity contribution >= 4 is 38.9 Å². The van der Waals surface area contributed by atoms with Crippen molar-refractivity contribution in [1.82, 2.24) is 9.80 Å². The van der Waals surface area contributed by atoms with Crippen LogP contribution in [0.3, 0.4) is 0 Å². The third kappa shape index (κ3) is 3.90. The Bertz CT molecular complexity index is 1040. The van der Waals surface area contributed by atoms with Crippen molar-refractivity contribution < 1.29 is 4.79 Å². The molecule has 4 nitrogen and oxygen atoms in total. The summed E-state index contributed by atoms with van der Waals surface area (Å²) >= 11 is 7.98. The van der Waals surface area contributed by atoms with E-state index in [2.05, 4.69) is 11.0 Å². The molecule has 0 aliphatic carbocycles. The molecule has 4 rings (SSSR count). The predicted molar refractivity (Wildman–Crippen MR) is 114 cm³/mol. The summed E-state index contributed by atoms with van der Waals surface area (Å²) in [6.07, 6.45) is 0.935. The van der Waals surface area contributed by atoms with E-state index in [1.54, 1.807) is 0 Å². The molecule has 1 aliphatic heterocycles. The summed E-state index contributed by atoms with van der Waals surface area (Å²) in [5.74, 6) is 0.0337. The number of halogens is 1. The van der Waals surface area contributed by atoms with Crippen LogP contribution in [-0.4, -0.2) is 41.9 Å². The first-order valence-electron chi connectivity index (χ1n) is 9.33. The van der Waals surface area contributed by atoms with Crippen molar-refractivity contribution in [3.05, 3.63) is 69.6 Å². The van der Waals surface area contributed by atoms with Crippen LogP contribution in [0.4, 0.5) is 0 Å². The summed E-state index contributed by atoms with van der Waals surface area (Å²) in [6.45, 7) is 4.04. The van der Waals surface area contributed by atoms with Gasteiger partial charge in [0.25, 0.3) is 5.91 Å². The van der Waals surface area contributed by atoms with Gasteiger partial charge in [-0.2, -0.15) is 5.26 Å². The Morgan fingerprint density at radius 1 is 1.07 bits per heavy atom. The van der Waals surface area contributed by atoms with Crippen molar-refractivity contribution in [3.63, 3.8) is 0 Å². The lowest BCUT2D eigenvalue weighted by Gasteiger charge is -2.22. The number of benzene rings is 2. The van der Waals surface area contributed by atoms with Gasteiger partial charge in [-0.25, -0.2) is 0 Å². The van der Waals surface area contributed by atoms with E-state index in [1.165, 1.54) is 16.9 Å². The summed E-state index contributed by atoms with van der Waals surface area (Å²) < 4.78 is 1.05. The summed E-state index contributed by atoms with van der Waals surface area (Å²) in [5, 5.41) is 10.4. The maximum atomic E-state index is 13.1. The van der Waals surface area contributed by atoms with Gasteiger partial charge in [0.2, 0.25) is 0 Å². The average molecular weight is 410 g/mol. The van der Waals surface area contributed by atoms with Gasteiger partial charge >= 0.3 is 0 Å². The molecular weight excluding hydrogens is 390 g/mol. The zero-order valence-corrected chi connectivity index (χ0v) is 17.0. The van der Waals surface area contributed by atoms with Crippen LogP contribution in [0, 0.1) is 11.3 Å². The second-order valence-corrected chi connectivity index (χ2v) is 8.40. The highest BCUT2D eigenvalue weighted by atomic mass is 35.5. The Kier molecular flexibility index (Phi) is 5.63. The molecule has 0 radical (unpaired) electrons. The molecule has 142 valence electrons. The second kappa shape index (κ2) is 8.32. The van der Waals surface area contributed by atoms with Gasteiger partial charge in [0, 0.05) is 42.8 Å². The zero-order valence-electron chi connectivity index (χ0n) is 15.4. The highest BCUT2D eigenvalue weighted by molar-refractivity contribution is 7.21. The van der Waals surface area contributed by atoms with Gasteiger partial charge in [0.1, 0.15) is 4.88 Å². The zero-order chi connectivity index (χ0) is 19.5. The monoisotopic (exact) mass is 409 g/mol. The maximum Gasteiger partial charge on any atom is 0.265 e. The van der Waals surface area contributed by atoms with Crippen molar-refractivity contribution in [2.75, 3.05) is 26.2 Å². The summed E-state index contributed by atoms with van der Waals surface area (Å²) in [4.78, 5) is 18.0. The van der Waals surface area contributed by atoms with E-state index >= 15 is 0 Å². The van der Waals surface area contributed by atoms with Crippen LogP contribution < -0.4 is 0 Å². The fourth-order valence-corrected chi connectivity index (χ4v) is 5.05. The molecule has 6 heteroatoms. The van der Waals surface area contributed by atoms with Gasteiger partial charge in [-0.1, -0.05) is 41.9 Å². The number of hydrogen-bond donors (Lipinski definition) is 0. The van der Waals surface area contributed by atoms with Crippen LogP contribution in [0.1, 0.15) is 27.2 Å². The van der Waals surface area contributed by atoms with E-state index in [1.807, 2.05) is 53.4 Å². The molecule has 1 amide bonds. The van der Waals surface area contributed by atoms with Crippen LogP contribution in [0.5, 0.6) is 0 Å². The SMILES string of the molecule is N#Cc1ccc(CN2CCCN(C(=O)c3sc4ccccc4c3Cl)CC2)cc1. The van der Waals surface area contributed by atoms with Gasteiger partial charge in [-0.15, -0.1) is 11.3 Å². The number of carbonyl (C=O) groups is 1. The first kappa shape index (κ1) is 18.9. The minimum atomic E-state index is 0.0337. The van der Waals surface area contributed by atoms with Crippen molar-refractivity contribution in [1.29, 1.82) is 5.26 Å². The fraction of sp³-hybridized carbons (Fsp3) is 0.273. The molecule has 0 unspecified atom stereocenters. The summed E-state index contributed by atoms with van der Waals surface area (Å²) in [7, 11) is 0. The van der Waals surface area contributed by atoms with Gasteiger partial charge in [0.15, 0.2) is 0 Å². The number of nitrogens with zero attached hydrogens (tertiary/aromatic N) is 3. The van der Waals surface area contributed by atoms with Crippen LogP contribution in [-0.2, 0) is 6.54 Å². The fourth-order valence-electron chi connectivity index (χ4n) is 3.57. The van der Waals surface area contributed by atoms with E-state index < -0.39 is 0 Å². The highest BCUT2D eigenvalue weighted by Crippen LogP contribution is 2.36. The molecule has 2 heterocycles. The van der Waals surface area contributed by atoms with Gasteiger partial charge in [0.05, 0.1) is 16.7 Å². The highest BCUT2D eigenvalue weighted by Gasteiger charge is 2.24. The number of thiophene rings is 1. The third-order valence-electron chi connectivity index (χ3n) is 5.09. The van der Waals surface area contributed by atoms with E-state index in [0.29, 0.717) is 22.0 Å². The first-order valence-corrected chi connectivity index (χ1v) is 10.5. The molecule has 28 heavy (non-hydrogen) atoms. The molecule has 1 aromatic heterocycles. The molecule has 2 aromatic carbocycles. The molecule has 1 saturated heterocycles. The molecular formula is C22H20ClN3OS. The van der Waals surface area contributed by atoms with E-state index in [0.717, 1.165) is 42.7 Å². The molecule has 1 fully saturated rings. The normalized spacial score (nSPS) is 15.4. The number of fused-ring (bicyclic) bond motifs is 1. The quantitative estimate of drug-likeness (QED) is 0.625. The van der Waals surface area contributed by atoms with Crippen molar-refractivity contribution in [3.8, 4) is 6.07 Å². The first-order chi connectivity index (χ1) is 13.7.